The lowest BCUT2D eigenvalue weighted by atomic mass is 10.4. The summed E-state index contributed by atoms with van der Waals surface area (Å²) in [5.74, 6) is -0.310. The number of carbonyl (C=O) groups is 1. The third-order valence-corrected chi connectivity index (χ3v) is 2.60. The topological polar surface area (TPSA) is 52.6 Å². The summed E-state index contributed by atoms with van der Waals surface area (Å²) in [6.45, 7) is 4.66. The van der Waals surface area contributed by atoms with Crippen LogP contribution in [0, 0.1) is 0 Å². The molecule has 0 aromatic carbocycles. The molecule has 0 rings (SSSR count). The minimum Gasteiger partial charge on any atom is -0.466 e. The van der Waals surface area contributed by atoms with Crippen molar-refractivity contribution >= 4 is 14.0 Å². The maximum atomic E-state index is 11.1. The van der Waals surface area contributed by atoms with Crippen LogP contribution in [0.3, 0.4) is 0 Å². The van der Waals surface area contributed by atoms with Crippen LogP contribution in [0.2, 0.25) is 0 Å². The van der Waals surface area contributed by atoms with Crippen molar-refractivity contribution in [3.8, 4) is 0 Å². The first kappa shape index (κ1) is 13.5. The molecule has 0 radical (unpaired) electrons. The second kappa shape index (κ2) is 9.10. The summed E-state index contributed by atoms with van der Waals surface area (Å²) in [6, 6.07) is 0. The second-order valence-corrected chi connectivity index (χ2v) is 4.17. The molecule has 0 saturated carbocycles. The molecular formula is C9H18O4P+. The molecule has 0 aliphatic carbocycles. The van der Waals surface area contributed by atoms with Crippen molar-refractivity contribution in [3.05, 3.63) is 0 Å². The fourth-order valence-electron chi connectivity index (χ4n) is 0.791. The van der Waals surface area contributed by atoms with Gasteiger partial charge in [-0.15, -0.1) is 4.52 Å². The lowest BCUT2D eigenvalue weighted by Gasteiger charge is -1.96. The number of carbonyl (C=O) groups excluding carboxylic acids is 1. The Bertz CT molecular complexity index is 182. The Morgan fingerprint density at radius 3 is 2.64 bits per heavy atom. The van der Waals surface area contributed by atoms with Crippen LogP contribution in [0.25, 0.3) is 0 Å². The molecule has 82 valence electrons. The van der Waals surface area contributed by atoms with Crippen molar-refractivity contribution in [2.75, 3.05) is 19.4 Å². The van der Waals surface area contributed by atoms with Gasteiger partial charge in [0.15, 0.2) is 6.16 Å². The Morgan fingerprint density at radius 1 is 1.36 bits per heavy atom. The fourth-order valence-corrected chi connectivity index (χ4v) is 1.62. The lowest BCUT2D eigenvalue weighted by Crippen LogP contribution is -2.05. The van der Waals surface area contributed by atoms with Crippen molar-refractivity contribution in [2.24, 2.45) is 0 Å². The van der Waals surface area contributed by atoms with E-state index in [-0.39, 0.29) is 18.6 Å². The standard InChI is InChI=1S/C9H18O4P/c1-3-5-7-13-14(11)8-6-9(10)12-4-2/h3-8H2,1-2H3/q+1. The number of esters is 1. The van der Waals surface area contributed by atoms with E-state index in [1.54, 1.807) is 6.92 Å². The SMILES string of the molecule is CCCCO[P+](=O)CCC(=O)OCC. The normalized spacial score (nSPS) is 11.1. The van der Waals surface area contributed by atoms with Crippen LogP contribution >= 0.6 is 8.03 Å². The first-order chi connectivity index (χ1) is 6.70. The van der Waals surface area contributed by atoms with Gasteiger partial charge in [-0.05, 0) is 17.9 Å². The zero-order valence-electron chi connectivity index (χ0n) is 8.82. The third kappa shape index (κ3) is 8.14. The highest BCUT2D eigenvalue weighted by Gasteiger charge is 2.19. The highest BCUT2D eigenvalue weighted by Crippen LogP contribution is 2.23. The van der Waals surface area contributed by atoms with Gasteiger partial charge in [0.2, 0.25) is 0 Å². The summed E-state index contributed by atoms with van der Waals surface area (Å²) in [6.07, 6.45) is 2.36. The smallest absolute Gasteiger partial charge is 0.466 e. The molecule has 1 unspecified atom stereocenters. The summed E-state index contributed by atoms with van der Waals surface area (Å²) >= 11 is 0. The van der Waals surface area contributed by atoms with Crippen LogP contribution in [0.4, 0.5) is 0 Å². The minimum absolute atomic E-state index is 0.176. The Labute approximate surface area is 85.8 Å². The minimum atomic E-state index is -1.69. The third-order valence-electron chi connectivity index (χ3n) is 1.54. The number of unbranched alkanes of at least 4 members (excludes halogenated alkanes) is 1. The molecule has 0 spiro atoms. The number of rotatable bonds is 8. The van der Waals surface area contributed by atoms with Gasteiger partial charge in [0, 0.05) is 0 Å². The molecule has 0 saturated heterocycles. The maximum Gasteiger partial charge on any atom is 0.508 e. The molecule has 0 aromatic heterocycles. The van der Waals surface area contributed by atoms with Gasteiger partial charge in [-0.25, -0.2) is 0 Å². The molecule has 0 aromatic rings. The molecule has 0 aliphatic heterocycles. The summed E-state index contributed by atoms with van der Waals surface area (Å²) < 4.78 is 20.9. The Hall–Kier alpha value is -0.470. The van der Waals surface area contributed by atoms with E-state index in [0.29, 0.717) is 13.2 Å². The Morgan fingerprint density at radius 2 is 2.07 bits per heavy atom. The molecule has 0 fully saturated rings. The molecule has 0 heterocycles. The largest absolute Gasteiger partial charge is 0.508 e. The molecule has 0 aliphatic rings. The second-order valence-electron chi connectivity index (χ2n) is 2.80. The zero-order chi connectivity index (χ0) is 10.8. The number of hydrogen-bond donors (Lipinski definition) is 0. The molecule has 1 atom stereocenters. The number of ether oxygens (including phenoxy) is 1. The van der Waals surface area contributed by atoms with Crippen LogP contribution < -0.4 is 0 Å². The van der Waals surface area contributed by atoms with Crippen molar-refractivity contribution in [3.63, 3.8) is 0 Å². The summed E-state index contributed by atoms with van der Waals surface area (Å²) in [7, 11) is -1.69. The quantitative estimate of drug-likeness (QED) is 0.359. The first-order valence-corrected chi connectivity index (χ1v) is 6.30. The van der Waals surface area contributed by atoms with Gasteiger partial charge in [0.05, 0.1) is 13.0 Å². The van der Waals surface area contributed by atoms with Crippen LogP contribution in [0.5, 0.6) is 0 Å². The highest BCUT2D eigenvalue weighted by atomic mass is 31.1. The van der Waals surface area contributed by atoms with Crippen LogP contribution in [-0.4, -0.2) is 25.3 Å². The van der Waals surface area contributed by atoms with E-state index in [0.717, 1.165) is 12.8 Å². The van der Waals surface area contributed by atoms with Gasteiger partial charge in [-0.1, -0.05) is 13.3 Å². The van der Waals surface area contributed by atoms with Gasteiger partial charge in [0.25, 0.3) is 0 Å². The molecule has 0 N–H and O–H groups in total. The van der Waals surface area contributed by atoms with E-state index in [9.17, 15) is 9.36 Å². The lowest BCUT2D eigenvalue weighted by molar-refractivity contribution is -0.142. The van der Waals surface area contributed by atoms with Gasteiger partial charge in [-0.3, -0.25) is 4.79 Å². The van der Waals surface area contributed by atoms with E-state index in [2.05, 4.69) is 0 Å². The summed E-state index contributed by atoms with van der Waals surface area (Å²) in [5.41, 5.74) is 0. The Balaban J connectivity index is 3.39. The molecular weight excluding hydrogens is 203 g/mol. The molecule has 5 heteroatoms. The highest BCUT2D eigenvalue weighted by molar-refractivity contribution is 7.39. The van der Waals surface area contributed by atoms with Crippen LogP contribution in [0.15, 0.2) is 0 Å². The summed E-state index contributed by atoms with van der Waals surface area (Å²) in [4.78, 5) is 10.9. The van der Waals surface area contributed by atoms with Gasteiger partial charge >= 0.3 is 14.0 Å². The average Bonchev–Trinajstić information content (AvgIpc) is 2.16. The predicted octanol–water partition coefficient (Wildman–Crippen LogP) is 2.50. The molecule has 0 bridgehead atoms. The van der Waals surface area contributed by atoms with Crippen LogP contribution in [-0.2, 0) is 18.6 Å². The van der Waals surface area contributed by atoms with Gasteiger partial charge in [-0.2, -0.15) is 0 Å². The predicted molar refractivity (Wildman–Crippen MR) is 54.6 cm³/mol. The fraction of sp³-hybridized carbons (Fsp3) is 0.889. The monoisotopic (exact) mass is 221 g/mol. The molecule has 14 heavy (non-hydrogen) atoms. The Kier molecular flexibility index (Phi) is 8.79. The zero-order valence-corrected chi connectivity index (χ0v) is 9.72. The van der Waals surface area contributed by atoms with E-state index in [4.69, 9.17) is 9.26 Å². The molecule has 0 amide bonds. The summed E-state index contributed by atoms with van der Waals surface area (Å²) in [5, 5.41) is 0. The maximum absolute atomic E-state index is 11.1. The number of hydrogen-bond acceptors (Lipinski definition) is 4. The van der Waals surface area contributed by atoms with Crippen molar-refractivity contribution in [2.45, 2.75) is 33.1 Å². The first-order valence-electron chi connectivity index (χ1n) is 4.93. The van der Waals surface area contributed by atoms with Crippen molar-refractivity contribution in [1.29, 1.82) is 0 Å². The molecule has 4 nitrogen and oxygen atoms in total. The van der Waals surface area contributed by atoms with E-state index < -0.39 is 8.03 Å². The van der Waals surface area contributed by atoms with Crippen molar-refractivity contribution in [1.82, 2.24) is 0 Å². The van der Waals surface area contributed by atoms with Crippen molar-refractivity contribution < 1.29 is 18.6 Å². The van der Waals surface area contributed by atoms with E-state index in [1.165, 1.54) is 0 Å². The van der Waals surface area contributed by atoms with E-state index >= 15 is 0 Å². The van der Waals surface area contributed by atoms with E-state index in [1.807, 2.05) is 6.92 Å². The van der Waals surface area contributed by atoms with Gasteiger partial charge < -0.3 is 4.74 Å². The van der Waals surface area contributed by atoms with Gasteiger partial charge in [0.1, 0.15) is 6.61 Å². The van der Waals surface area contributed by atoms with Crippen LogP contribution in [0.1, 0.15) is 33.1 Å². The average molecular weight is 221 g/mol.